The molecule has 4 heteroatoms. The van der Waals surface area contributed by atoms with Crippen molar-refractivity contribution in [3.8, 4) is 0 Å². The Morgan fingerprint density at radius 3 is 2.08 bits per heavy atom. The van der Waals surface area contributed by atoms with Crippen molar-refractivity contribution >= 4 is 5.97 Å². The van der Waals surface area contributed by atoms with Crippen LogP contribution in [0.4, 0.5) is 0 Å². The number of carbonyl (C=O) groups is 1. The number of hydrogen-bond acceptors (Lipinski definition) is 4. The molecule has 1 aliphatic rings. The monoisotopic (exact) mass is 344 g/mol. The van der Waals surface area contributed by atoms with Crippen LogP contribution in [-0.2, 0) is 9.53 Å². The van der Waals surface area contributed by atoms with Gasteiger partial charge in [0.05, 0.1) is 6.42 Å². The molecule has 1 rings (SSSR count). The molecule has 0 aromatic carbocycles. The first-order chi connectivity index (χ1) is 11.4. The topological polar surface area (TPSA) is 64.3 Å². The van der Waals surface area contributed by atoms with E-state index in [9.17, 15) is 4.79 Å². The van der Waals surface area contributed by atoms with Gasteiger partial charge in [0.1, 0.15) is 5.60 Å². The average Bonchev–Trinajstić information content (AvgIpc) is 2.54. The minimum absolute atomic E-state index is 0.0555. The number of rotatable bonds is 7. The van der Waals surface area contributed by atoms with Crippen LogP contribution in [0.1, 0.15) is 93.4 Å². The maximum absolute atomic E-state index is 12.2. The van der Waals surface area contributed by atoms with E-state index in [2.05, 4.69) is 5.32 Å². The molecule has 0 saturated heterocycles. The second kappa shape index (κ2) is 14.7. The fourth-order valence-corrected chi connectivity index (χ4v) is 2.98. The predicted molar refractivity (Wildman–Crippen MR) is 105 cm³/mol. The van der Waals surface area contributed by atoms with Gasteiger partial charge in [0, 0.05) is 6.54 Å². The van der Waals surface area contributed by atoms with Gasteiger partial charge in [-0.05, 0) is 58.5 Å². The molecule has 0 aromatic rings. The van der Waals surface area contributed by atoms with Crippen LogP contribution in [-0.4, -0.2) is 31.2 Å². The van der Waals surface area contributed by atoms with Crippen molar-refractivity contribution in [3.63, 3.8) is 0 Å². The number of nitrogens with two attached hydrogens (primary N) is 1. The van der Waals surface area contributed by atoms with Crippen LogP contribution in [0.5, 0.6) is 0 Å². The van der Waals surface area contributed by atoms with E-state index in [1.807, 2.05) is 48.5 Å². The highest BCUT2D eigenvalue weighted by Gasteiger charge is 2.35. The predicted octanol–water partition coefficient (Wildman–Crippen LogP) is 4.66. The molecule has 0 unspecified atom stereocenters. The Kier molecular flexibility index (Phi) is 15.7. The molecule has 1 saturated carbocycles. The van der Waals surface area contributed by atoms with Crippen molar-refractivity contribution in [1.82, 2.24) is 5.32 Å². The Morgan fingerprint density at radius 1 is 1.08 bits per heavy atom. The van der Waals surface area contributed by atoms with Crippen molar-refractivity contribution in [2.45, 2.75) is 99.0 Å². The van der Waals surface area contributed by atoms with E-state index < -0.39 is 0 Å². The highest BCUT2D eigenvalue weighted by Crippen LogP contribution is 2.39. The zero-order valence-electron chi connectivity index (χ0n) is 17.5. The quantitative estimate of drug-likeness (QED) is 0.521. The third-order valence-electron chi connectivity index (χ3n) is 3.91. The minimum atomic E-state index is -0.389. The van der Waals surface area contributed by atoms with Crippen LogP contribution in [0.2, 0.25) is 0 Å². The molecule has 0 aromatic heterocycles. The van der Waals surface area contributed by atoms with Crippen LogP contribution in [0.25, 0.3) is 0 Å². The maximum Gasteiger partial charge on any atom is 0.306 e. The normalized spacial score (nSPS) is 16.2. The SMILES string of the molecule is CC.CC.CC(C)(C)OC(=O)CC1(CNCCCN)CCCCC1. The average molecular weight is 345 g/mol. The van der Waals surface area contributed by atoms with E-state index >= 15 is 0 Å². The molecule has 0 spiro atoms. The molecule has 0 heterocycles. The van der Waals surface area contributed by atoms with E-state index in [0.29, 0.717) is 13.0 Å². The van der Waals surface area contributed by atoms with Gasteiger partial charge >= 0.3 is 5.97 Å². The molecule has 0 bridgehead atoms. The Hall–Kier alpha value is -0.610. The van der Waals surface area contributed by atoms with Gasteiger partial charge in [0.2, 0.25) is 0 Å². The fraction of sp³-hybridized carbons (Fsp3) is 0.950. The Morgan fingerprint density at radius 2 is 1.62 bits per heavy atom. The van der Waals surface area contributed by atoms with Gasteiger partial charge in [0.15, 0.2) is 0 Å². The molecule has 0 radical (unpaired) electrons. The van der Waals surface area contributed by atoms with Gasteiger partial charge in [-0.15, -0.1) is 0 Å². The summed E-state index contributed by atoms with van der Waals surface area (Å²) in [5.41, 5.74) is 5.22. The molecular formula is C20H44N2O2. The molecular weight excluding hydrogens is 300 g/mol. The van der Waals surface area contributed by atoms with Crippen molar-refractivity contribution in [2.24, 2.45) is 11.1 Å². The smallest absolute Gasteiger partial charge is 0.306 e. The summed E-state index contributed by atoms with van der Waals surface area (Å²) in [6.45, 7) is 16.3. The molecule has 1 fully saturated rings. The molecule has 0 atom stereocenters. The summed E-state index contributed by atoms with van der Waals surface area (Å²) in [5.74, 6) is -0.0555. The van der Waals surface area contributed by atoms with Gasteiger partial charge in [0.25, 0.3) is 0 Å². The summed E-state index contributed by atoms with van der Waals surface area (Å²) in [5, 5.41) is 3.48. The zero-order valence-corrected chi connectivity index (χ0v) is 17.5. The highest BCUT2D eigenvalue weighted by atomic mass is 16.6. The van der Waals surface area contributed by atoms with Crippen molar-refractivity contribution in [2.75, 3.05) is 19.6 Å². The van der Waals surface area contributed by atoms with Crippen LogP contribution >= 0.6 is 0 Å². The molecule has 0 aliphatic heterocycles. The van der Waals surface area contributed by atoms with Crippen molar-refractivity contribution in [3.05, 3.63) is 0 Å². The molecule has 146 valence electrons. The highest BCUT2D eigenvalue weighted by molar-refractivity contribution is 5.70. The lowest BCUT2D eigenvalue weighted by molar-refractivity contribution is -0.158. The van der Waals surface area contributed by atoms with E-state index in [0.717, 1.165) is 32.4 Å². The zero-order chi connectivity index (χ0) is 19.1. The van der Waals surface area contributed by atoms with Crippen LogP contribution in [0.3, 0.4) is 0 Å². The van der Waals surface area contributed by atoms with Crippen molar-refractivity contribution in [1.29, 1.82) is 0 Å². The fourth-order valence-electron chi connectivity index (χ4n) is 2.98. The molecule has 24 heavy (non-hydrogen) atoms. The standard InChI is InChI=1S/C16H32N2O2.2C2H6/c1-15(2,3)20-14(19)12-16(8-5-4-6-9-16)13-18-11-7-10-17;2*1-2/h18H,4-13,17H2,1-3H3;2*1-2H3. The number of carbonyl (C=O) groups excluding carboxylic acids is 1. The van der Waals surface area contributed by atoms with Gasteiger partial charge < -0.3 is 15.8 Å². The molecule has 4 nitrogen and oxygen atoms in total. The van der Waals surface area contributed by atoms with E-state index in [4.69, 9.17) is 10.5 Å². The first-order valence-electron chi connectivity index (χ1n) is 10.00. The van der Waals surface area contributed by atoms with Crippen LogP contribution in [0.15, 0.2) is 0 Å². The number of hydrogen-bond donors (Lipinski definition) is 2. The largest absolute Gasteiger partial charge is 0.460 e. The second-order valence-corrected chi connectivity index (χ2v) is 7.14. The van der Waals surface area contributed by atoms with Crippen LogP contribution in [0, 0.1) is 5.41 Å². The van der Waals surface area contributed by atoms with Gasteiger partial charge in [-0.1, -0.05) is 47.0 Å². The Balaban J connectivity index is 0. The van der Waals surface area contributed by atoms with Crippen molar-refractivity contribution < 1.29 is 9.53 Å². The first kappa shape index (κ1) is 25.6. The van der Waals surface area contributed by atoms with Crippen LogP contribution < -0.4 is 11.1 Å². The lowest BCUT2D eigenvalue weighted by Gasteiger charge is -2.37. The Labute approximate surface area is 151 Å². The van der Waals surface area contributed by atoms with Gasteiger partial charge in [-0.25, -0.2) is 0 Å². The van der Waals surface area contributed by atoms with E-state index in [1.165, 1.54) is 19.3 Å². The third-order valence-corrected chi connectivity index (χ3v) is 3.91. The molecule has 1 aliphatic carbocycles. The Bertz CT molecular complexity index is 293. The maximum atomic E-state index is 12.2. The summed E-state index contributed by atoms with van der Waals surface area (Å²) in [6, 6.07) is 0. The number of esters is 1. The second-order valence-electron chi connectivity index (χ2n) is 7.14. The summed E-state index contributed by atoms with van der Waals surface area (Å²) in [4.78, 5) is 12.2. The number of ether oxygens (including phenoxy) is 1. The first-order valence-corrected chi connectivity index (χ1v) is 10.00. The van der Waals surface area contributed by atoms with Gasteiger partial charge in [-0.3, -0.25) is 4.79 Å². The summed E-state index contributed by atoms with van der Waals surface area (Å²) in [6.07, 6.45) is 7.52. The number of nitrogens with one attached hydrogen (secondary N) is 1. The molecule has 3 N–H and O–H groups in total. The van der Waals surface area contributed by atoms with E-state index in [1.54, 1.807) is 0 Å². The summed E-state index contributed by atoms with van der Waals surface area (Å²) < 4.78 is 5.51. The lowest BCUT2D eigenvalue weighted by atomic mass is 9.71. The summed E-state index contributed by atoms with van der Waals surface area (Å²) >= 11 is 0. The van der Waals surface area contributed by atoms with E-state index in [-0.39, 0.29) is 17.0 Å². The third kappa shape index (κ3) is 12.8. The minimum Gasteiger partial charge on any atom is -0.460 e. The van der Waals surface area contributed by atoms with Gasteiger partial charge in [-0.2, -0.15) is 0 Å². The summed E-state index contributed by atoms with van der Waals surface area (Å²) in [7, 11) is 0. The molecule has 0 amide bonds. The lowest BCUT2D eigenvalue weighted by Crippen LogP contribution is -2.40.